The van der Waals surface area contributed by atoms with E-state index < -0.39 is 0 Å². The molecule has 0 saturated heterocycles. The van der Waals surface area contributed by atoms with Gasteiger partial charge in [-0.1, -0.05) is 48.0 Å². The molecule has 1 atom stereocenters. The molecular formula is C15H23BrN2O. The summed E-state index contributed by atoms with van der Waals surface area (Å²) in [5.41, 5.74) is 6.84. The van der Waals surface area contributed by atoms with E-state index in [4.69, 9.17) is 5.73 Å². The van der Waals surface area contributed by atoms with Crippen LogP contribution in [0.15, 0.2) is 28.7 Å². The Bertz CT molecular complexity index is 407. The highest BCUT2D eigenvalue weighted by molar-refractivity contribution is 9.10. The van der Waals surface area contributed by atoms with Crippen molar-refractivity contribution >= 4 is 21.8 Å². The quantitative estimate of drug-likeness (QED) is 0.809. The summed E-state index contributed by atoms with van der Waals surface area (Å²) in [6.45, 7) is 4.77. The number of benzene rings is 1. The lowest BCUT2D eigenvalue weighted by Crippen LogP contribution is -2.41. The lowest BCUT2D eigenvalue weighted by molar-refractivity contribution is -0.121. The van der Waals surface area contributed by atoms with Crippen molar-refractivity contribution in [2.75, 3.05) is 6.54 Å². The molecule has 0 fully saturated rings. The van der Waals surface area contributed by atoms with Crippen molar-refractivity contribution in [1.82, 2.24) is 5.32 Å². The highest BCUT2D eigenvalue weighted by Crippen LogP contribution is 2.17. The molecule has 106 valence electrons. The third kappa shape index (κ3) is 6.21. The number of carbonyl (C=O) groups excluding carboxylic acids is 1. The van der Waals surface area contributed by atoms with Crippen molar-refractivity contribution < 1.29 is 4.79 Å². The molecule has 0 aromatic heterocycles. The first kappa shape index (κ1) is 16.2. The van der Waals surface area contributed by atoms with E-state index in [2.05, 4.69) is 35.1 Å². The molecule has 1 aromatic carbocycles. The van der Waals surface area contributed by atoms with Crippen molar-refractivity contribution in [2.24, 2.45) is 11.7 Å². The van der Waals surface area contributed by atoms with Gasteiger partial charge in [0.1, 0.15) is 0 Å². The smallest absolute Gasteiger partial charge is 0.220 e. The molecule has 1 unspecified atom stereocenters. The third-order valence-electron chi connectivity index (χ3n) is 2.98. The van der Waals surface area contributed by atoms with Crippen molar-refractivity contribution in [3.63, 3.8) is 0 Å². The van der Waals surface area contributed by atoms with Gasteiger partial charge in [-0.25, -0.2) is 0 Å². The Kier molecular flexibility index (Phi) is 7.10. The van der Waals surface area contributed by atoms with Crippen LogP contribution in [-0.4, -0.2) is 18.5 Å². The monoisotopic (exact) mass is 326 g/mol. The van der Waals surface area contributed by atoms with Gasteiger partial charge in [-0.15, -0.1) is 0 Å². The number of amides is 1. The molecule has 4 heteroatoms. The van der Waals surface area contributed by atoms with Gasteiger partial charge in [0, 0.05) is 23.5 Å². The second-order valence-electron chi connectivity index (χ2n) is 5.22. The number of halogens is 1. The Morgan fingerprint density at radius 1 is 1.37 bits per heavy atom. The van der Waals surface area contributed by atoms with Gasteiger partial charge in [0.15, 0.2) is 0 Å². The van der Waals surface area contributed by atoms with Crippen LogP contribution in [0.4, 0.5) is 0 Å². The van der Waals surface area contributed by atoms with E-state index >= 15 is 0 Å². The normalized spacial score (nSPS) is 12.5. The Balaban J connectivity index is 2.41. The number of hydrogen-bond acceptors (Lipinski definition) is 2. The van der Waals surface area contributed by atoms with Crippen molar-refractivity contribution in [1.29, 1.82) is 0 Å². The average molecular weight is 327 g/mol. The molecular weight excluding hydrogens is 304 g/mol. The van der Waals surface area contributed by atoms with Gasteiger partial charge in [-0.2, -0.15) is 0 Å². The Morgan fingerprint density at radius 3 is 2.63 bits per heavy atom. The summed E-state index contributed by atoms with van der Waals surface area (Å²) in [5, 5.41) is 3.01. The van der Waals surface area contributed by atoms with Gasteiger partial charge in [-0.05, 0) is 30.4 Å². The summed E-state index contributed by atoms with van der Waals surface area (Å²) in [6, 6.07) is 8.08. The molecule has 0 aliphatic rings. The number of nitrogens with one attached hydrogen (secondary N) is 1. The van der Waals surface area contributed by atoms with E-state index in [1.807, 2.05) is 24.3 Å². The summed E-state index contributed by atoms with van der Waals surface area (Å²) in [6.07, 6.45) is 2.17. The zero-order chi connectivity index (χ0) is 14.3. The second kappa shape index (κ2) is 8.33. The fourth-order valence-corrected chi connectivity index (χ4v) is 2.52. The summed E-state index contributed by atoms with van der Waals surface area (Å²) >= 11 is 3.49. The number of hydrogen-bond donors (Lipinski definition) is 2. The third-order valence-corrected chi connectivity index (χ3v) is 3.76. The molecule has 1 amide bonds. The fourth-order valence-electron chi connectivity index (χ4n) is 2.03. The van der Waals surface area contributed by atoms with E-state index in [0.717, 1.165) is 22.9 Å². The molecule has 0 aliphatic carbocycles. The van der Waals surface area contributed by atoms with Crippen LogP contribution in [0, 0.1) is 5.92 Å². The first-order valence-corrected chi connectivity index (χ1v) is 7.55. The molecule has 1 aromatic rings. The topological polar surface area (TPSA) is 55.1 Å². The summed E-state index contributed by atoms with van der Waals surface area (Å²) in [5.74, 6) is 0.615. The van der Waals surface area contributed by atoms with Crippen LogP contribution >= 0.6 is 15.9 Å². The highest BCUT2D eigenvalue weighted by atomic mass is 79.9. The van der Waals surface area contributed by atoms with Crippen LogP contribution in [0.5, 0.6) is 0 Å². The van der Waals surface area contributed by atoms with Crippen LogP contribution in [-0.2, 0) is 11.2 Å². The summed E-state index contributed by atoms with van der Waals surface area (Å²) < 4.78 is 1.06. The van der Waals surface area contributed by atoms with Gasteiger partial charge >= 0.3 is 0 Å². The fraction of sp³-hybridized carbons (Fsp3) is 0.533. The Labute approximate surface area is 124 Å². The highest BCUT2D eigenvalue weighted by Gasteiger charge is 2.12. The second-order valence-corrected chi connectivity index (χ2v) is 6.08. The largest absolute Gasteiger partial charge is 0.352 e. The van der Waals surface area contributed by atoms with Gasteiger partial charge < -0.3 is 11.1 Å². The zero-order valence-electron chi connectivity index (χ0n) is 11.7. The zero-order valence-corrected chi connectivity index (χ0v) is 13.2. The van der Waals surface area contributed by atoms with Gasteiger partial charge in [0.2, 0.25) is 5.91 Å². The summed E-state index contributed by atoms with van der Waals surface area (Å²) in [4.78, 5) is 11.9. The van der Waals surface area contributed by atoms with E-state index in [-0.39, 0.29) is 11.9 Å². The van der Waals surface area contributed by atoms with Crippen LogP contribution in [0.2, 0.25) is 0 Å². The molecule has 0 saturated carbocycles. The maximum atomic E-state index is 11.9. The number of nitrogens with two attached hydrogens (primary N) is 1. The minimum Gasteiger partial charge on any atom is -0.352 e. The molecule has 19 heavy (non-hydrogen) atoms. The summed E-state index contributed by atoms with van der Waals surface area (Å²) in [7, 11) is 0. The maximum Gasteiger partial charge on any atom is 0.220 e. The molecule has 0 radical (unpaired) electrons. The van der Waals surface area contributed by atoms with Crippen molar-refractivity contribution in [2.45, 2.75) is 39.2 Å². The van der Waals surface area contributed by atoms with Crippen molar-refractivity contribution in [3.05, 3.63) is 34.3 Å². The van der Waals surface area contributed by atoms with E-state index in [0.29, 0.717) is 18.9 Å². The SMILES string of the molecule is CC(C)CC(CN)NC(=O)CCc1ccccc1Br. The van der Waals surface area contributed by atoms with Gasteiger partial charge in [0.25, 0.3) is 0 Å². The Hall–Kier alpha value is -0.870. The molecule has 1 rings (SSSR count). The molecule has 0 heterocycles. The Morgan fingerprint density at radius 2 is 2.05 bits per heavy atom. The van der Waals surface area contributed by atoms with Gasteiger partial charge in [0.05, 0.1) is 0 Å². The molecule has 3 N–H and O–H groups in total. The molecule has 0 aliphatic heterocycles. The lowest BCUT2D eigenvalue weighted by atomic mass is 10.0. The number of rotatable bonds is 7. The van der Waals surface area contributed by atoms with Crippen LogP contribution in [0.3, 0.4) is 0 Å². The molecule has 0 bridgehead atoms. The van der Waals surface area contributed by atoms with E-state index in [1.165, 1.54) is 0 Å². The number of aryl methyl sites for hydroxylation is 1. The standard InChI is InChI=1S/C15H23BrN2O/c1-11(2)9-13(10-17)18-15(19)8-7-12-5-3-4-6-14(12)16/h3-6,11,13H,7-10,17H2,1-2H3,(H,18,19). The average Bonchev–Trinajstić information content (AvgIpc) is 2.36. The predicted molar refractivity (Wildman–Crippen MR) is 82.9 cm³/mol. The van der Waals surface area contributed by atoms with Gasteiger partial charge in [-0.3, -0.25) is 4.79 Å². The maximum absolute atomic E-state index is 11.9. The molecule has 3 nitrogen and oxygen atoms in total. The minimum atomic E-state index is 0.0758. The minimum absolute atomic E-state index is 0.0758. The number of carbonyl (C=O) groups is 1. The first-order chi connectivity index (χ1) is 9.02. The van der Waals surface area contributed by atoms with Crippen LogP contribution < -0.4 is 11.1 Å². The first-order valence-electron chi connectivity index (χ1n) is 6.75. The van der Waals surface area contributed by atoms with E-state index in [9.17, 15) is 4.79 Å². The van der Waals surface area contributed by atoms with Crippen LogP contribution in [0.1, 0.15) is 32.3 Å². The van der Waals surface area contributed by atoms with Crippen LogP contribution in [0.25, 0.3) is 0 Å². The lowest BCUT2D eigenvalue weighted by Gasteiger charge is -2.18. The predicted octanol–water partition coefficient (Wildman–Crippen LogP) is 2.87. The molecule has 0 spiro atoms. The van der Waals surface area contributed by atoms with Crippen molar-refractivity contribution in [3.8, 4) is 0 Å². The van der Waals surface area contributed by atoms with E-state index in [1.54, 1.807) is 0 Å².